The summed E-state index contributed by atoms with van der Waals surface area (Å²) in [4.78, 5) is 36.1. The van der Waals surface area contributed by atoms with E-state index >= 15 is 0 Å². The number of halogens is 3. The van der Waals surface area contributed by atoms with Crippen LogP contribution in [0.2, 0.25) is 0 Å². The van der Waals surface area contributed by atoms with Crippen LogP contribution in [-0.2, 0) is 15.8 Å². The fraction of sp³-hybridized carbons (Fsp3) is 0.312. The summed E-state index contributed by atoms with van der Waals surface area (Å²) in [6.07, 6.45) is -3.17. The first kappa shape index (κ1) is 21.2. The Morgan fingerprint density at radius 1 is 1.15 bits per heavy atom. The number of carbonyl (C=O) groups excluding carboxylic acids is 3. The number of imide groups is 1. The zero-order valence-electron chi connectivity index (χ0n) is 14.0. The number of para-hydroxylation sites is 1. The van der Waals surface area contributed by atoms with Crippen molar-refractivity contribution in [2.24, 2.45) is 0 Å². The van der Waals surface area contributed by atoms with Crippen LogP contribution in [0.3, 0.4) is 0 Å². The van der Waals surface area contributed by atoms with Gasteiger partial charge in [-0.05, 0) is 19.2 Å². The van der Waals surface area contributed by atoms with E-state index in [4.69, 9.17) is 0 Å². The number of amides is 4. The molecule has 0 fully saturated rings. The number of carbonyl (C=O) groups is 3. The third-order valence-corrected chi connectivity index (χ3v) is 2.99. The molecule has 3 N–H and O–H groups in total. The molecule has 1 aromatic rings. The molecule has 26 heavy (non-hydrogen) atoms. The summed E-state index contributed by atoms with van der Waals surface area (Å²) in [5.74, 6) is -1.40. The minimum atomic E-state index is -4.60. The lowest BCUT2D eigenvalue weighted by Crippen LogP contribution is -2.45. The number of urea groups is 1. The molecule has 4 amide bonds. The largest absolute Gasteiger partial charge is 0.418 e. The number of hydrogen-bond donors (Lipinski definition) is 3. The zero-order chi connectivity index (χ0) is 19.7. The van der Waals surface area contributed by atoms with Gasteiger partial charge in [-0.3, -0.25) is 19.8 Å². The van der Waals surface area contributed by atoms with E-state index in [0.29, 0.717) is 0 Å². The molecule has 7 nitrogen and oxygen atoms in total. The molecule has 0 spiro atoms. The highest BCUT2D eigenvalue weighted by Crippen LogP contribution is 2.34. The maximum Gasteiger partial charge on any atom is 0.418 e. The normalized spacial score (nSPS) is 11.0. The van der Waals surface area contributed by atoms with Gasteiger partial charge in [-0.25, -0.2) is 4.79 Å². The number of alkyl halides is 3. The molecule has 1 rings (SSSR count). The van der Waals surface area contributed by atoms with Crippen LogP contribution < -0.4 is 16.0 Å². The molecule has 0 atom stereocenters. The predicted molar refractivity (Wildman–Crippen MR) is 89.3 cm³/mol. The minimum absolute atomic E-state index is 0.177. The third kappa shape index (κ3) is 7.34. The summed E-state index contributed by atoms with van der Waals surface area (Å²) in [6.45, 7) is 2.94. The van der Waals surface area contributed by atoms with Crippen molar-refractivity contribution in [2.75, 3.05) is 32.0 Å². The average Bonchev–Trinajstić information content (AvgIpc) is 2.51. The molecule has 0 unspecified atom stereocenters. The number of hydrogen-bond acceptors (Lipinski definition) is 4. The summed E-state index contributed by atoms with van der Waals surface area (Å²) < 4.78 is 38.7. The second-order valence-corrected chi connectivity index (χ2v) is 5.31. The summed E-state index contributed by atoms with van der Waals surface area (Å²) >= 11 is 0. The Hall–Kier alpha value is -2.88. The summed E-state index contributed by atoms with van der Waals surface area (Å²) in [6, 6.07) is 3.86. The van der Waals surface area contributed by atoms with Gasteiger partial charge >= 0.3 is 12.2 Å². The molecule has 0 saturated heterocycles. The Labute approximate surface area is 148 Å². The van der Waals surface area contributed by atoms with E-state index in [1.165, 1.54) is 30.2 Å². The topological polar surface area (TPSA) is 90.5 Å². The van der Waals surface area contributed by atoms with Gasteiger partial charge in [-0.2, -0.15) is 13.2 Å². The van der Waals surface area contributed by atoms with Crippen LogP contribution in [0.1, 0.15) is 5.56 Å². The molecule has 142 valence electrons. The predicted octanol–water partition coefficient (Wildman–Crippen LogP) is 1.59. The SMILES string of the molecule is C=CCNC(=O)NC(=O)CN(C)CC(=O)Nc1ccccc1C(F)(F)F. The van der Waals surface area contributed by atoms with Gasteiger partial charge in [-0.1, -0.05) is 18.2 Å². The maximum absolute atomic E-state index is 12.9. The van der Waals surface area contributed by atoms with Crippen molar-refractivity contribution in [3.63, 3.8) is 0 Å². The maximum atomic E-state index is 12.9. The third-order valence-electron chi connectivity index (χ3n) is 2.99. The van der Waals surface area contributed by atoms with Gasteiger partial charge < -0.3 is 10.6 Å². The van der Waals surface area contributed by atoms with Gasteiger partial charge in [-0.15, -0.1) is 6.58 Å². The summed E-state index contributed by atoms with van der Waals surface area (Å²) in [5.41, 5.74) is -1.33. The van der Waals surface area contributed by atoms with Crippen molar-refractivity contribution >= 4 is 23.5 Å². The molecule has 0 saturated carbocycles. The Bertz CT molecular complexity index is 677. The van der Waals surface area contributed by atoms with E-state index in [2.05, 4.69) is 17.2 Å². The summed E-state index contributed by atoms with van der Waals surface area (Å²) in [7, 11) is 1.41. The lowest BCUT2D eigenvalue weighted by molar-refractivity contribution is -0.137. The number of rotatable bonds is 7. The zero-order valence-corrected chi connectivity index (χ0v) is 14.0. The van der Waals surface area contributed by atoms with Crippen molar-refractivity contribution < 1.29 is 27.6 Å². The molecule has 0 heterocycles. The number of nitrogens with one attached hydrogen (secondary N) is 3. The Kier molecular flexibility index (Phi) is 7.78. The molecule has 0 bridgehead atoms. The van der Waals surface area contributed by atoms with Crippen LogP contribution in [0.4, 0.5) is 23.7 Å². The standard InChI is InChI=1S/C16H19F3N4O3/c1-3-8-20-15(26)22-14(25)10-23(2)9-13(24)21-12-7-5-4-6-11(12)16(17,18)19/h3-7H,1,8-10H2,2H3,(H,21,24)(H2,20,22,25,26). The first-order chi connectivity index (χ1) is 12.1. The fourth-order valence-corrected chi connectivity index (χ4v) is 1.95. The van der Waals surface area contributed by atoms with Crippen LogP contribution in [0, 0.1) is 0 Å². The average molecular weight is 372 g/mol. The van der Waals surface area contributed by atoms with E-state index < -0.39 is 29.6 Å². The lowest BCUT2D eigenvalue weighted by Gasteiger charge is -2.17. The number of nitrogens with zero attached hydrogens (tertiary/aromatic N) is 1. The van der Waals surface area contributed by atoms with E-state index in [1.807, 2.05) is 5.32 Å². The quantitative estimate of drug-likeness (QED) is 0.634. The molecule has 0 aliphatic rings. The lowest BCUT2D eigenvalue weighted by atomic mass is 10.1. The molecule has 0 aromatic heterocycles. The smallest absolute Gasteiger partial charge is 0.334 e. The van der Waals surface area contributed by atoms with Gasteiger partial charge in [0, 0.05) is 6.54 Å². The first-order valence-corrected chi connectivity index (χ1v) is 7.46. The van der Waals surface area contributed by atoms with Gasteiger partial charge in [0.1, 0.15) is 0 Å². The Morgan fingerprint density at radius 2 is 1.77 bits per heavy atom. The molecule has 10 heteroatoms. The van der Waals surface area contributed by atoms with Gasteiger partial charge in [0.25, 0.3) is 0 Å². The van der Waals surface area contributed by atoms with Crippen molar-refractivity contribution in [3.05, 3.63) is 42.5 Å². The fourth-order valence-electron chi connectivity index (χ4n) is 1.95. The highest BCUT2D eigenvalue weighted by molar-refractivity contribution is 5.96. The number of likely N-dealkylation sites (N-methyl/N-ethyl adjacent to an activating group) is 1. The van der Waals surface area contributed by atoms with Crippen molar-refractivity contribution in [1.29, 1.82) is 0 Å². The Balaban J connectivity index is 2.54. The van der Waals surface area contributed by atoms with Gasteiger partial charge in [0.05, 0.1) is 24.3 Å². The second-order valence-electron chi connectivity index (χ2n) is 5.31. The minimum Gasteiger partial charge on any atom is -0.334 e. The first-order valence-electron chi connectivity index (χ1n) is 7.46. The highest BCUT2D eigenvalue weighted by atomic mass is 19.4. The van der Waals surface area contributed by atoms with Crippen LogP contribution in [0.15, 0.2) is 36.9 Å². The van der Waals surface area contributed by atoms with Gasteiger partial charge in [0.15, 0.2) is 0 Å². The van der Waals surface area contributed by atoms with Crippen molar-refractivity contribution in [2.45, 2.75) is 6.18 Å². The van der Waals surface area contributed by atoms with E-state index in [0.717, 1.165) is 12.1 Å². The number of anilines is 1. The van der Waals surface area contributed by atoms with Crippen molar-refractivity contribution in [3.8, 4) is 0 Å². The molecular weight excluding hydrogens is 353 g/mol. The van der Waals surface area contributed by atoms with Crippen LogP contribution in [0.25, 0.3) is 0 Å². The second kappa shape index (κ2) is 9.56. The van der Waals surface area contributed by atoms with Crippen LogP contribution in [-0.4, -0.2) is 49.4 Å². The molecule has 0 radical (unpaired) electrons. The van der Waals surface area contributed by atoms with E-state index in [9.17, 15) is 27.6 Å². The Morgan fingerprint density at radius 3 is 2.38 bits per heavy atom. The van der Waals surface area contributed by atoms with Gasteiger partial charge in [0.2, 0.25) is 11.8 Å². The number of benzene rings is 1. The summed E-state index contributed by atoms with van der Waals surface area (Å²) in [5, 5.41) is 6.54. The molecule has 0 aliphatic heterocycles. The molecule has 1 aromatic carbocycles. The van der Waals surface area contributed by atoms with E-state index in [-0.39, 0.29) is 25.3 Å². The van der Waals surface area contributed by atoms with Crippen LogP contribution >= 0.6 is 0 Å². The van der Waals surface area contributed by atoms with Crippen molar-refractivity contribution in [1.82, 2.24) is 15.5 Å². The van der Waals surface area contributed by atoms with Crippen LogP contribution in [0.5, 0.6) is 0 Å². The van der Waals surface area contributed by atoms with E-state index in [1.54, 1.807) is 0 Å². The molecule has 0 aliphatic carbocycles. The highest BCUT2D eigenvalue weighted by Gasteiger charge is 2.33. The molecular formula is C16H19F3N4O3. The monoisotopic (exact) mass is 372 g/mol.